The molecule has 2 rings (SSSR count). The molecule has 0 spiro atoms. The lowest BCUT2D eigenvalue weighted by Crippen LogP contribution is -2.11. The first-order valence-corrected chi connectivity index (χ1v) is 5.26. The molecule has 0 bridgehead atoms. The van der Waals surface area contributed by atoms with Crippen molar-refractivity contribution < 1.29 is 9.90 Å². The molecule has 5 nitrogen and oxygen atoms in total. The Kier molecular flexibility index (Phi) is 2.91. The van der Waals surface area contributed by atoms with Crippen LogP contribution in [0.15, 0.2) is 24.4 Å². The summed E-state index contributed by atoms with van der Waals surface area (Å²) in [4.78, 5) is 10.7. The number of hydrogen-bond donors (Lipinski definition) is 1. The minimum atomic E-state index is -0.929. The maximum Gasteiger partial charge on any atom is 0.325 e. The van der Waals surface area contributed by atoms with Crippen LogP contribution in [0.25, 0.3) is 11.3 Å². The Hall–Kier alpha value is -2.17. The molecule has 1 N–H and O–H groups in total. The third-order valence-corrected chi connectivity index (χ3v) is 2.56. The number of carboxylic acid groups (broad SMARTS) is 1. The van der Waals surface area contributed by atoms with Crippen molar-refractivity contribution in [3.8, 4) is 11.3 Å². The summed E-state index contributed by atoms with van der Waals surface area (Å²) in [5.74, 6) is -0.929. The van der Waals surface area contributed by atoms with Crippen molar-refractivity contribution in [3.63, 3.8) is 0 Å². The standard InChI is InChI=1S/C12H13N3O2/c1-8-3-4-10(9(2)5-8)11-6-13-14-15(11)7-12(16)17/h3-6H,7H2,1-2H3,(H,16,17). The molecule has 1 aromatic carbocycles. The van der Waals surface area contributed by atoms with E-state index in [0.29, 0.717) is 0 Å². The quantitative estimate of drug-likeness (QED) is 0.872. The van der Waals surface area contributed by atoms with Crippen LogP contribution in [-0.2, 0) is 11.3 Å². The minimum Gasteiger partial charge on any atom is -0.480 e. The number of hydrogen-bond acceptors (Lipinski definition) is 3. The highest BCUT2D eigenvalue weighted by Crippen LogP contribution is 2.23. The Morgan fingerprint density at radius 3 is 2.82 bits per heavy atom. The smallest absolute Gasteiger partial charge is 0.325 e. The predicted octanol–water partition coefficient (Wildman–Crippen LogP) is 1.65. The first kappa shape index (κ1) is 11.3. The Labute approximate surface area is 98.7 Å². The van der Waals surface area contributed by atoms with Gasteiger partial charge in [-0.15, -0.1) is 5.10 Å². The van der Waals surface area contributed by atoms with Crippen molar-refractivity contribution in [3.05, 3.63) is 35.5 Å². The molecule has 1 heterocycles. The summed E-state index contributed by atoms with van der Waals surface area (Å²) in [5, 5.41) is 16.3. The summed E-state index contributed by atoms with van der Waals surface area (Å²) in [6.07, 6.45) is 1.58. The lowest BCUT2D eigenvalue weighted by molar-refractivity contribution is -0.137. The summed E-state index contributed by atoms with van der Waals surface area (Å²) >= 11 is 0. The normalized spacial score (nSPS) is 10.5. The van der Waals surface area contributed by atoms with Gasteiger partial charge in [0.15, 0.2) is 0 Å². The van der Waals surface area contributed by atoms with Crippen LogP contribution >= 0.6 is 0 Å². The van der Waals surface area contributed by atoms with Gasteiger partial charge in [0.1, 0.15) is 6.54 Å². The molecule has 88 valence electrons. The molecule has 17 heavy (non-hydrogen) atoms. The largest absolute Gasteiger partial charge is 0.480 e. The highest BCUT2D eigenvalue weighted by Gasteiger charge is 2.11. The summed E-state index contributed by atoms with van der Waals surface area (Å²) < 4.78 is 1.39. The number of carboxylic acids is 1. The van der Waals surface area contributed by atoms with Gasteiger partial charge in [-0.2, -0.15) is 0 Å². The number of benzene rings is 1. The van der Waals surface area contributed by atoms with Gasteiger partial charge in [-0.05, 0) is 19.4 Å². The molecule has 0 aliphatic rings. The van der Waals surface area contributed by atoms with E-state index in [2.05, 4.69) is 10.3 Å². The van der Waals surface area contributed by atoms with Crippen LogP contribution in [0.4, 0.5) is 0 Å². The molecule has 5 heteroatoms. The topological polar surface area (TPSA) is 68.0 Å². The molecule has 0 saturated heterocycles. The second kappa shape index (κ2) is 4.37. The summed E-state index contributed by atoms with van der Waals surface area (Å²) in [7, 11) is 0. The van der Waals surface area contributed by atoms with Gasteiger partial charge in [-0.3, -0.25) is 4.79 Å². The van der Waals surface area contributed by atoms with Gasteiger partial charge in [0.2, 0.25) is 0 Å². The van der Waals surface area contributed by atoms with E-state index in [9.17, 15) is 4.79 Å². The lowest BCUT2D eigenvalue weighted by atomic mass is 10.0. The molecule has 0 aliphatic carbocycles. The van der Waals surface area contributed by atoms with Crippen LogP contribution in [0, 0.1) is 13.8 Å². The van der Waals surface area contributed by atoms with Gasteiger partial charge in [-0.25, -0.2) is 4.68 Å². The maximum atomic E-state index is 10.7. The fourth-order valence-electron chi connectivity index (χ4n) is 1.81. The van der Waals surface area contributed by atoms with Gasteiger partial charge in [0, 0.05) is 5.56 Å². The summed E-state index contributed by atoms with van der Waals surface area (Å²) in [6, 6.07) is 6.00. The van der Waals surface area contributed by atoms with Crippen molar-refractivity contribution in [1.29, 1.82) is 0 Å². The second-order valence-electron chi connectivity index (χ2n) is 3.99. The van der Waals surface area contributed by atoms with Gasteiger partial charge in [0.25, 0.3) is 0 Å². The third-order valence-electron chi connectivity index (χ3n) is 2.56. The van der Waals surface area contributed by atoms with Crippen LogP contribution in [0.1, 0.15) is 11.1 Å². The zero-order valence-electron chi connectivity index (χ0n) is 9.71. The number of aromatic nitrogens is 3. The van der Waals surface area contributed by atoms with E-state index in [0.717, 1.165) is 16.8 Å². The molecule has 1 aromatic heterocycles. The molecular weight excluding hydrogens is 218 g/mol. The SMILES string of the molecule is Cc1ccc(-c2cnnn2CC(=O)O)c(C)c1. The molecular formula is C12H13N3O2. The summed E-state index contributed by atoms with van der Waals surface area (Å²) in [5.41, 5.74) is 3.94. The molecule has 0 fully saturated rings. The van der Waals surface area contributed by atoms with Crippen molar-refractivity contribution in [2.45, 2.75) is 20.4 Å². The van der Waals surface area contributed by atoms with E-state index >= 15 is 0 Å². The Morgan fingerprint density at radius 1 is 1.41 bits per heavy atom. The van der Waals surface area contributed by atoms with Crippen LogP contribution in [-0.4, -0.2) is 26.1 Å². The van der Waals surface area contributed by atoms with Gasteiger partial charge >= 0.3 is 5.97 Å². The first-order chi connectivity index (χ1) is 8.08. The third kappa shape index (κ3) is 2.33. The molecule has 2 aromatic rings. The van der Waals surface area contributed by atoms with E-state index in [1.807, 2.05) is 32.0 Å². The zero-order valence-corrected chi connectivity index (χ0v) is 9.71. The number of nitrogens with zero attached hydrogens (tertiary/aromatic N) is 3. The Bertz CT molecular complexity index is 561. The summed E-state index contributed by atoms with van der Waals surface area (Å²) in [6.45, 7) is 3.83. The highest BCUT2D eigenvalue weighted by atomic mass is 16.4. The number of rotatable bonds is 3. The Morgan fingerprint density at radius 2 is 2.18 bits per heavy atom. The van der Waals surface area contributed by atoms with Gasteiger partial charge in [0.05, 0.1) is 11.9 Å². The molecule has 0 aliphatic heterocycles. The van der Waals surface area contributed by atoms with E-state index in [-0.39, 0.29) is 6.54 Å². The van der Waals surface area contributed by atoms with Crippen molar-refractivity contribution >= 4 is 5.97 Å². The van der Waals surface area contributed by atoms with E-state index in [4.69, 9.17) is 5.11 Å². The zero-order chi connectivity index (χ0) is 12.4. The maximum absolute atomic E-state index is 10.7. The minimum absolute atomic E-state index is 0.178. The lowest BCUT2D eigenvalue weighted by Gasteiger charge is -2.07. The molecule has 0 atom stereocenters. The van der Waals surface area contributed by atoms with Crippen molar-refractivity contribution in [2.75, 3.05) is 0 Å². The van der Waals surface area contributed by atoms with Crippen LogP contribution in [0.5, 0.6) is 0 Å². The molecule has 0 amide bonds. The average molecular weight is 231 g/mol. The Balaban J connectivity index is 2.46. The van der Waals surface area contributed by atoms with E-state index < -0.39 is 5.97 Å². The highest BCUT2D eigenvalue weighted by molar-refractivity contribution is 5.69. The number of aryl methyl sites for hydroxylation is 2. The average Bonchev–Trinajstić information content (AvgIpc) is 2.65. The monoisotopic (exact) mass is 231 g/mol. The van der Waals surface area contributed by atoms with Gasteiger partial charge < -0.3 is 5.11 Å². The fraction of sp³-hybridized carbons (Fsp3) is 0.250. The van der Waals surface area contributed by atoms with Crippen molar-refractivity contribution in [1.82, 2.24) is 15.0 Å². The molecule has 0 unspecified atom stereocenters. The van der Waals surface area contributed by atoms with Crippen LogP contribution < -0.4 is 0 Å². The molecule has 0 radical (unpaired) electrons. The number of aliphatic carboxylic acids is 1. The predicted molar refractivity (Wildman–Crippen MR) is 62.6 cm³/mol. The van der Waals surface area contributed by atoms with Crippen molar-refractivity contribution in [2.24, 2.45) is 0 Å². The van der Waals surface area contributed by atoms with Crippen LogP contribution in [0.2, 0.25) is 0 Å². The van der Waals surface area contributed by atoms with Gasteiger partial charge in [-0.1, -0.05) is 29.0 Å². The number of carbonyl (C=O) groups is 1. The molecule has 0 saturated carbocycles. The van der Waals surface area contributed by atoms with E-state index in [1.54, 1.807) is 6.20 Å². The van der Waals surface area contributed by atoms with E-state index in [1.165, 1.54) is 10.2 Å². The first-order valence-electron chi connectivity index (χ1n) is 5.26. The fourth-order valence-corrected chi connectivity index (χ4v) is 1.81. The second-order valence-corrected chi connectivity index (χ2v) is 3.99. The van der Waals surface area contributed by atoms with Crippen LogP contribution in [0.3, 0.4) is 0 Å².